The highest BCUT2D eigenvalue weighted by Crippen LogP contribution is 2.35. The Labute approximate surface area is 132 Å². The highest BCUT2D eigenvalue weighted by Gasteiger charge is 2.41. The number of amides is 1. The van der Waals surface area contributed by atoms with Crippen LogP contribution in [0.15, 0.2) is 18.2 Å². The molecule has 1 aromatic carbocycles. The Hall–Kier alpha value is -1.65. The maximum atomic E-state index is 12.6. The normalized spacial score (nSPS) is 21.1. The van der Waals surface area contributed by atoms with Gasteiger partial charge in [-0.1, -0.05) is 17.7 Å². The van der Waals surface area contributed by atoms with Crippen LogP contribution in [0.1, 0.15) is 35.1 Å². The molecule has 2 heterocycles. The van der Waals surface area contributed by atoms with E-state index in [9.17, 15) is 4.79 Å². The van der Waals surface area contributed by atoms with Crippen molar-refractivity contribution >= 4 is 11.5 Å². The molecular weight excluding hydrogens is 276 g/mol. The van der Waals surface area contributed by atoms with Crippen LogP contribution in [0, 0.1) is 20.8 Å². The number of benzene rings is 1. The van der Waals surface area contributed by atoms with Crippen molar-refractivity contribution in [3.63, 3.8) is 0 Å². The average Bonchev–Trinajstić information content (AvgIpc) is 2.75. The summed E-state index contributed by atoms with van der Waals surface area (Å²) in [6, 6.07) is 4.30. The Kier molecular flexibility index (Phi) is 3.83. The van der Waals surface area contributed by atoms with Crippen molar-refractivity contribution in [2.45, 2.75) is 39.2 Å². The minimum Gasteiger partial charge on any atom is -0.343 e. The highest BCUT2D eigenvalue weighted by molar-refractivity contribution is 6.23. The quantitative estimate of drug-likeness (QED) is 0.912. The van der Waals surface area contributed by atoms with Gasteiger partial charge in [-0.05, 0) is 56.4 Å². The van der Waals surface area contributed by atoms with Gasteiger partial charge in [0.2, 0.25) is 0 Å². The topological polar surface area (TPSA) is 41.6 Å². The molecule has 4 heteroatoms. The molecule has 0 unspecified atom stereocenters. The number of piperidine rings is 1. The maximum absolute atomic E-state index is 12.6. The SMILES string of the molecule is CON1CCC2(C=C(c3c(C)cc(C)cc3C)C(=O)N2)CC1. The molecule has 2 aliphatic rings. The van der Waals surface area contributed by atoms with Crippen molar-refractivity contribution in [2.75, 3.05) is 20.2 Å². The average molecular weight is 300 g/mol. The predicted molar refractivity (Wildman–Crippen MR) is 87.3 cm³/mol. The third kappa shape index (κ3) is 2.57. The molecule has 0 bridgehead atoms. The molecule has 0 aliphatic carbocycles. The Balaban J connectivity index is 1.95. The van der Waals surface area contributed by atoms with Crippen LogP contribution < -0.4 is 5.32 Å². The second-order valence-electron chi connectivity index (χ2n) is 6.55. The largest absolute Gasteiger partial charge is 0.343 e. The zero-order valence-electron chi connectivity index (χ0n) is 13.8. The van der Waals surface area contributed by atoms with Crippen LogP contribution in [0.2, 0.25) is 0 Å². The van der Waals surface area contributed by atoms with Gasteiger partial charge in [0, 0.05) is 18.7 Å². The lowest BCUT2D eigenvalue weighted by Crippen LogP contribution is -2.50. The second kappa shape index (κ2) is 5.52. The minimum atomic E-state index is -0.203. The van der Waals surface area contributed by atoms with Crippen molar-refractivity contribution in [2.24, 2.45) is 0 Å². The molecule has 1 amide bonds. The number of carbonyl (C=O) groups excluding carboxylic acids is 1. The molecule has 0 saturated carbocycles. The summed E-state index contributed by atoms with van der Waals surface area (Å²) in [4.78, 5) is 17.8. The highest BCUT2D eigenvalue weighted by atomic mass is 16.7. The number of aryl methyl sites for hydroxylation is 3. The van der Waals surface area contributed by atoms with Crippen LogP contribution in [-0.4, -0.2) is 36.7 Å². The lowest BCUT2D eigenvalue weighted by molar-refractivity contribution is -0.150. The van der Waals surface area contributed by atoms with Gasteiger partial charge >= 0.3 is 0 Å². The smallest absolute Gasteiger partial charge is 0.252 e. The summed E-state index contributed by atoms with van der Waals surface area (Å²) in [5, 5.41) is 5.17. The summed E-state index contributed by atoms with van der Waals surface area (Å²) in [5.41, 5.74) is 5.30. The Morgan fingerprint density at radius 1 is 1.14 bits per heavy atom. The van der Waals surface area contributed by atoms with E-state index in [1.807, 2.05) is 5.06 Å². The van der Waals surface area contributed by atoms with Crippen LogP contribution in [0.5, 0.6) is 0 Å². The Morgan fingerprint density at radius 3 is 2.27 bits per heavy atom. The lowest BCUT2D eigenvalue weighted by atomic mass is 9.87. The van der Waals surface area contributed by atoms with E-state index in [-0.39, 0.29) is 11.4 Å². The number of nitrogens with zero attached hydrogens (tertiary/aromatic N) is 1. The van der Waals surface area contributed by atoms with E-state index < -0.39 is 0 Å². The maximum Gasteiger partial charge on any atom is 0.252 e. The van der Waals surface area contributed by atoms with E-state index in [1.54, 1.807) is 7.11 Å². The summed E-state index contributed by atoms with van der Waals surface area (Å²) in [7, 11) is 1.70. The van der Waals surface area contributed by atoms with Crippen molar-refractivity contribution in [1.82, 2.24) is 10.4 Å². The van der Waals surface area contributed by atoms with Gasteiger partial charge in [0.05, 0.1) is 12.6 Å². The van der Waals surface area contributed by atoms with Gasteiger partial charge < -0.3 is 10.2 Å². The van der Waals surface area contributed by atoms with Gasteiger partial charge in [-0.2, -0.15) is 5.06 Å². The molecule has 1 N–H and O–H groups in total. The zero-order chi connectivity index (χ0) is 15.9. The fraction of sp³-hybridized carbons (Fsp3) is 0.500. The molecule has 118 valence electrons. The van der Waals surface area contributed by atoms with Crippen molar-refractivity contribution in [3.05, 3.63) is 40.5 Å². The van der Waals surface area contributed by atoms with Crippen molar-refractivity contribution in [3.8, 4) is 0 Å². The predicted octanol–water partition coefficient (Wildman–Crippen LogP) is 2.52. The number of hydrogen-bond donors (Lipinski definition) is 1. The fourth-order valence-electron chi connectivity index (χ4n) is 3.80. The first-order valence-electron chi connectivity index (χ1n) is 7.87. The summed E-state index contributed by atoms with van der Waals surface area (Å²) in [6.07, 6.45) is 3.94. The Bertz CT molecular complexity index is 617. The van der Waals surface area contributed by atoms with Crippen LogP contribution in [0.4, 0.5) is 0 Å². The fourth-order valence-corrected chi connectivity index (χ4v) is 3.80. The van der Waals surface area contributed by atoms with E-state index in [2.05, 4.69) is 44.3 Å². The Morgan fingerprint density at radius 2 is 1.73 bits per heavy atom. The number of nitrogens with one attached hydrogen (secondary N) is 1. The summed E-state index contributed by atoms with van der Waals surface area (Å²) in [5.74, 6) is 0.0564. The van der Waals surface area contributed by atoms with E-state index in [0.29, 0.717) is 0 Å². The van der Waals surface area contributed by atoms with Crippen LogP contribution in [-0.2, 0) is 9.63 Å². The standard InChI is InChI=1S/C18H24N2O2/c1-12-9-13(2)16(14(3)10-12)15-11-18(19-17(15)21)5-7-20(22-4)8-6-18/h9-11H,5-8H2,1-4H3,(H,19,21). The number of hydrogen-bond acceptors (Lipinski definition) is 3. The third-order valence-corrected chi connectivity index (χ3v) is 4.85. The lowest BCUT2D eigenvalue weighted by Gasteiger charge is -2.36. The second-order valence-corrected chi connectivity index (χ2v) is 6.55. The number of hydroxylamine groups is 2. The van der Waals surface area contributed by atoms with E-state index in [0.717, 1.165) is 37.1 Å². The monoisotopic (exact) mass is 300 g/mol. The molecule has 1 aromatic rings. The van der Waals surface area contributed by atoms with E-state index in [1.165, 1.54) is 16.7 Å². The summed E-state index contributed by atoms with van der Waals surface area (Å²) in [6.45, 7) is 7.94. The zero-order valence-corrected chi connectivity index (χ0v) is 13.8. The molecule has 2 aliphatic heterocycles. The van der Waals surface area contributed by atoms with Gasteiger partial charge in [0.1, 0.15) is 0 Å². The molecule has 1 saturated heterocycles. The number of carbonyl (C=O) groups is 1. The minimum absolute atomic E-state index is 0.0564. The van der Waals surface area contributed by atoms with Crippen LogP contribution >= 0.6 is 0 Å². The van der Waals surface area contributed by atoms with Crippen molar-refractivity contribution in [1.29, 1.82) is 0 Å². The van der Waals surface area contributed by atoms with Gasteiger partial charge in [-0.15, -0.1) is 0 Å². The van der Waals surface area contributed by atoms with Crippen LogP contribution in [0.3, 0.4) is 0 Å². The molecular formula is C18H24N2O2. The third-order valence-electron chi connectivity index (χ3n) is 4.85. The van der Waals surface area contributed by atoms with Crippen molar-refractivity contribution < 1.29 is 9.63 Å². The first-order valence-corrected chi connectivity index (χ1v) is 7.87. The van der Waals surface area contributed by atoms with E-state index in [4.69, 9.17) is 4.84 Å². The number of rotatable bonds is 2. The van der Waals surface area contributed by atoms with Crippen LogP contribution in [0.25, 0.3) is 5.57 Å². The first kappa shape index (κ1) is 15.3. The summed E-state index contributed by atoms with van der Waals surface area (Å²) >= 11 is 0. The summed E-state index contributed by atoms with van der Waals surface area (Å²) < 4.78 is 0. The molecule has 22 heavy (non-hydrogen) atoms. The van der Waals surface area contributed by atoms with E-state index >= 15 is 0 Å². The molecule has 3 rings (SSSR count). The van der Waals surface area contributed by atoms with Gasteiger partial charge in [-0.3, -0.25) is 4.79 Å². The first-order chi connectivity index (χ1) is 10.4. The molecule has 1 spiro atoms. The molecule has 0 aromatic heterocycles. The van der Waals surface area contributed by atoms with Gasteiger partial charge in [0.25, 0.3) is 5.91 Å². The molecule has 4 nitrogen and oxygen atoms in total. The molecule has 0 atom stereocenters. The molecule has 1 fully saturated rings. The van der Waals surface area contributed by atoms with Gasteiger partial charge in [0.15, 0.2) is 0 Å². The van der Waals surface area contributed by atoms with Gasteiger partial charge in [-0.25, -0.2) is 0 Å². The molecule has 0 radical (unpaired) electrons.